The highest BCUT2D eigenvalue weighted by Crippen LogP contribution is 2.28. The number of imide groups is 1. The van der Waals surface area contributed by atoms with E-state index in [1.807, 2.05) is 30.3 Å². The molecule has 0 saturated carbocycles. The lowest BCUT2D eigenvalue weighted by molar-refractivity contribution is -0.133. The fourth-order valence-corrected chi connectivity index (χ4v) is 3.28. The van der Waals surface area contributed by atoms with E-state index in [2.05, 4.69) is 24.5 Å². The van der Waals surface area contributed by atoms with Crippen molar-refractivity contribution in [2.45, 2.75) is 38.6 Å². The molecule has 0 radical (unpaired) electrons. The number of nitrogens with zero attached hydrogens (tertiary/aromatic N) is 1. The number of nitrogens with one attached hydrogen (secondary N) is 2. The molecule has 1 fully saturated rings. The van der Waals surface area contributed by atoms with Crippen LogP contribution >= 0.6 is 0 Å². The molecule has 6 heteroatoms. The number of amides is 4. The van der Waals surface area contributed by atoms with Crippen LogP contribution in [0.1, 0.15) is 44.2 Å². The van der Waals surface area contributed by atoms with Gasteiger partial charge in [0, 0.05) is 5.69 Å². The Morgan fingerprint density at radius 2 is 1.75 bits per heavy atom. The maximum absolute atomic E-state index is 12.8. The fourth-order valence-electron chi connectivity index (χ4n) is 3.28. The highest BCUT2D eigenvalue weighted by molar-refractivity contribution is 6.10. The van der Waals surface area contributed by atoms with Gasteiger partial charge in [-0.1, -0.05) is 56.3 Å². The minimum Gasteiger partial charge on any atom is -0.325 e. The highest BCUT2D eigenvalue weighted by atomic mass is 16.2. The third-order valence-corrected chi connectivity index (χ3v) is 5.30. The van der Waals surface area contributed by atoms with Gasteiger partial charge in [0.05, 0.1) is 0 Å². The van der Waals surface area contributed by atoms with Crippen LogP contribution in [0.4, 0.5) is 10.5 Å². The first-order valence-electron chi connectivity index (χ1n) is 9.44. The lowest BCUT2D eigenvalue weighted by Crippen LogP contribution is -2.42. The average Bonchev–Trinajstić information content (AvgIpc) is 2.92. The topological polar surface area (TPSA) is 78.5 Å². The average molecular weight is 379 g/mol. The van der Waals surface area contributed by atoms with Gasteiger partial charge in [0.2, 0.25) is 5.91 Å². The molecule has 4 amide bonds. The summed E-state index contributed by atoms with van der Waals surface area (Å²) in [6.07, 6.45) is 1.04. The number of benzene rings is 2. The molecule has 0 unspecified atom stereocenters. The van der Waals surface area contributed by atoms with Gasteiger partial charge in [0.15, 0.2) is 0 Å². The molecule has 0 aromatic heterocycles. The highest BCUT2D eigenvalue weighted by Gasteiger charge is 2.49. The Hall–Kier alpha value is -3.15. The first-order chi connectivity index (χ1) is 13.3. The van der Waals surface area contributed by atoms with Crippen molar-refractivity contribution in [1.82, 2.24) is 10.2 Å². The Balaban J connectivity index is 1.67. The summed E-state index contributed by atoms with van der Waals surface area (Å²) in [5, 5.41) is 5.45. The van der Waals surface area contributed by atoms with Crippen molar-refractivity contribution in [1.29, 1.82) is 0 Å². The Kier molecular flexibility index (Phi) is 5.49. The number of rotatable bonds is 6. The van der Waals surface area contributed by atoms with Crippen molar-refractivity contribution in [3.63, 3.8) is 0 Å². The van der Waals surface area contributed by atoms with E-state index in [0.29, 0.717) is 17.2 Å². The molecule has 1 heterocycles. The van der Waals surface area contributed by atoms with Crippen LogP contribution in [0.5, 0.6) is 0 Å². The van der Waals surface area contributed by atoms with Gasteiger partial charge in [-0.2, -0.15) is 0 Å². The second kappa shape index (κ2) is 7.84. The predicted molar refractivity (Wildman–Crippen MR) is 108 cm³/mol. The van der Waals surface area contributed by atoms with Crippen LogP contribution in [0.2, 0.25) is 0 Å². The molecular formula is C22H25N3O3. The number of carbonyl (C=O) groups is 3. The van der Waals surface area contributed by atoms with E-state index in [-0.39, 0.29) is 6.54 Å². The van der Waals surface area contributed by atoms with Crippen LogP contribution in [0.3, 0.4) is 0 Å². The zero-order chi connectivity index (χ0) is 20.3. The van der Waals surface area contributed by atoms with Gasteiger partial charge < -0.3 is 10.6 Å². The molecule has 2 aromatic rings. The summed E-state index contributed by atoms with van der Waals surface area (Å²) in [7, 11) is 0. The van der Waals surface area contributed by atoms with Crippen LogP contribution < -0.4 is 10.6 Å². The molecule has 1 aliphatic heterocycles. The third-order valence-electron chi connectivity index (χ3n) is 5.30. The summed E-state index contributed by atoms with van der Waals surface area (Å²) >= 11 is 0. The van der Waals surface area contributed by atoms with E-state index < -0.39 is 23.4 Å². The molecule has 0 spiro atoms. The van der Waals surface area contributed by atoms with E-state index in [1.165, 1.54) is 5.56 Å². The Bertz CT molecular complexity index is 880. The van der Waals surface area contributed by atoms with Gasteiger partial charge in [-0.05, 0) is 42.5 Å². The largest absolute Gasteiger partial charge is 0.325 e. The summed E-state index contributed by atoms with van der Waals surface area (Å²) in [5.41, 5.74) is 1.34. The normalized spacial score (nSPS) is 20.0. The van der Waals surface area contributed by atoms with Gasteiger partial charge >= 0.3 is 6.03 Å². The molecule has 6 nitrogen and oxygen atoms in total. The standard InChI is InChI=1S/C22H25N3O3/c1-4-15(2)16-10-12-18(13-11-16)23-19(26)14-25-20(27)22(3,24-21(25)28)17-8-6-5-7-9-17/h5-13,15H,4,14H2,1-3H3,(H,23,26)(H,24,28)/t15-,22+/m1/s1. The first kappa shape index (κ1) is 19.6. The van der Waals surface area contributed by atoms with Crippen molar-refractivity contribution < 1.29 is 14.4 Å². The molecule has 0 bridgehead atoms. The van der Waals surface area contributed by atoms with Gasteiger partial charge in [0.25, 0.3) is 5.91 Å². The maximum Gasteiger partial charge on any atom is 0.325 e. The molecule has 3 rings (SSSR count). The maximum atomic E-state index is 12.8. The SMILES string of the molecule is CC[C@@H](C)c1ccc(NC(=O)CN2C(=O)N[C@@](C)(c3ccccc3)C2=O)cc1. The number of urea groups is 1. The van der Waals surface area contributed by atoms with E-state index in [0.717, 1.165) is 11.3 Å². The van der Waals surface area contributed by atoms with E-state index in [1.54, 1.807) is 31.2 Å². The van der Waals surface area contributed by atoms with Gasteiger partial charge in [-0.15, -0.1) is 0 Å². The molecule has 2 aromatic carbocycles. The summed E-state index contributed by atoms with van der Waals surface area (Å²) < 4.78 is 0. The van der Waals surface area contributed by atoms with Gasteiger partial charge in [0.1, 0.15) is 12.1 Å². The van der Waals surface area contributed by atoms with Crippen LogP contribution in [-0.2, 0) is 15.1 Å². The zero-order valence-corrected chi connectivity index (χ0v) is 16.4. The fraction of sp³-hybridized carbons (Fsp3) is 0.318. The minimum absolute atomic E-state index is 0.333. The van der Waals surface area contributed by atoms with Gasteiger partial charge in [-0.25, -0.2) is 4.79 Å². The smallest absolute Gasteiger partial charge is 0.325 e. The lowest BCUT2D eigenvalue weighted by atomic mass is 9.92. The first-order valence-corrected chi connectivity index (χ1v) is 9.44. The Labute approximate surface area is 164 Å². The van der Waals surface area contributed by atoms with Crippen molar-refractivity contribution in [3.8, 4) is 0 Å². The van der Waals surface area contributed by atoms with E-state index >= 15 is 0 Å². The van der Waals surface area contributed by atoms with E-state index in [4.69, 9.17) is 0 Å². The molecule has 0 aliphatic carbocycles. The van der Waals surface area contributed by atoms with Crippen LogP contribution in [0.25, 0.3) is 0 Å². The predicted octanol–water partition coefficient (Wildman–Crippen LogP) is 3.61. The molecule has 2 atom stereocenters. The van der Waals surface area contributed by atoms with Gasteiger partial charge in [-0.3, -0.25) is 14.5 Å². The molecular weight excluding hydrogens is 354 g/mol. The molecule has 146 valence electrons. The lowest BCUT2D eigenvalue weighted by Gasteiger charge is -2.22. The Morgan fingerprint density at radius 1 is 1.11 bits per heavy atom. The number of anilines is 1. The number of hydrogen-bond acceptors (Lipinski definition) is 3. The zero-order valence-electron chi connectivity index (χ0n) is 16.4. The second-order valence-corrected chi connectivity index (χ2v) is 7.29. The summed E-state index contributed by atoms with van der Waals surface area (Å²) in [6, 6.07) is 16.1. The number of hydrogen-bond donors (Lipinski definition) is 2. The molecule has 2 N–H and O–H groups in total. The van der Waals surface area contributed by atoms with Crippen molar-refractivity contribution >= 4 is 23.5 Å². The van der Waals surface area contributed by atoms with Crippen molar-refractivity contribution in [2.24, 2.45) is 0 Å². The van der Waals surface area contributed by atoms with Crippen LogP contribution in [0, 0.1) is 0 Å². The summed E-state index contributed by atoms with van der Waals surface area (Å²) in [6.45, 7) is 5.59. The number of carbonyl (C=O) groups excluding carboxylic acids is 3. The van der Waals surface area contributed by atoms with Crippen LogP contribution in [0.15, 0.2) is 54.6 Å². The van der Waals surface area contributed by atoms with E-state index in [9.17, 15) is 14.4 Å². The molecule has 1 saturated heterocycles. The minimum atomic E-state index is -1.17. The van der Waals surface area contributed by atoms with Crippen molar-refractivity contribution in [2.75, 3.05) is 11.9 Å². The summed E-state index contributed by atoms with van der Waals surface area (Å²) in [4.78, 5) is 38.5. The summed E-state index contributed by atoms with van der Waals surface area (Å²) in [5.74, 6) is -0.408. The quantitative estimate of drug-likeness (QED) is 0.753. The molecule has 1 aliphatic rings. The molecule has 28 heavy (non-hydrogen) atoms. The third kappa shape index (κ3) is 3.76. The second-order valence-electron chi connectivity index (χ2n) is 7.29. The van der Waals surface area contributed by atoms with Crippen LogP contribution in [-0.4, -0.2) is 29.3 Å². The van der Waals surface area contributed by atoms with Crippen molar-refractivity contribution in [3.05, 3.63) is 65.7 Å². The monoisotopic (exact) mass is 379 g/mol. The Morgan fingerprint density at radius 3 is 2.36 bits per heavy atom.